The maximum atomic E-state index is 12.4. The van der Waals surface area contributed by atoms with Crippen molar-refractivity contribution < 1.29 is 14.1 Å². The number of aryl methyl sites for hydroxylation is 2. The Bertz CT molecular complexity index is 1210. The monoisotopic (exact) mass is 428 g/mol. The molecule has 0 aliphatic carbocycles. The number of methoxy groups -OCH3 is 1. The SMILES string of the molecule is COCc1ccc(C(=O)NCc2ccc(-c3nc(C)ncc3-c3cc(C)no3)cc2)cc1. The van der Waals surface area contributed by atoms with Gasteiger partial charge in [0.15, 0.2) is 5.76 Å². The van der Waals surface area contributed by atoms with Crippen LogP contribution in [0.25, 0.3) is 22.6 Å². The molecule has 0 fully saturated rings. The van der Waals surface area contributed by atoms with E-state index in [-0.39, 0.29) is 5.91 Å². The topological polar surface area (TPSA) is 90.1 Å². The molecule has 0 unspecified atom stereocenters. The van der Waals surface area contributed by atoms with Crippen molar-refractivity contribution >= 4 is 5.91 Å². The second kappa shape index (κ2) is 9.53. The summed E-state index contributed by atoms with van der Waals surface area (Å²) in [5.74, 6) is 1.19. The molecule has 32 heavy (non-hydrogen) atoms. The van der Waals surface area contributed by atoms with E-state index in [9.17, 15) is 4.79 Å². The quantitative estimate of drug-likeness (QED) is 0.466. The molecule has 4 rings (SSSR count). The fraction of sp³-hybridized carbons (Fsp3) is 0.200. The highest BCUT2D eigenvalue weighted by molar-refractivity contribution is 5.94. The Balaban J connectivity index is 1.47. The Morgan fingerprint density at radius 1 is 1.03 bits per heavy atom. The van der Waals surface area contributed by atoms with Crippen molar-refractivity contribution in [2.45, 2.75) is 27.0 Å². The molecule has 2 heterocycles. The fourth-order valence-corrected chi connectivity index (χ4v) is 3.34. The molecule has 2 aromatic heterocycles. The van der Waals surface area contributed by atoms with Gasteiger partial charge in [0, 0.05) is 37.0 Å². The van der Waals surface area contributed by atoms with Gasteiger partial charge in [-0.15, -0.1) is 0 Å². The highest BCUT2D eigenvalue weighted by Gasteiger charge is 2.14. The van der Waals surface area contributed by atoms with Crippen molar-refractivity contribution in [3.05, 3.63) is 89.0 Å². The third-order valence-electron chi connectivity index (χ3n) is 5.01. The molecule has 0 atom stereocenters. The first-order chi connectivity index (χ1) is 15.5. The van der Waals surface area contributed by atoms with E-state index in [1.165, 1.54) is 0 Å². The number of benzene rings is 2. The van der Waals surface area contributed by atoms with Gasteiger partial charge in [-0.3, -0.25) is 4.79 Å². The van der Waals surface area contributed by atoms with E-state index in [1.54, 1.807) is 25.4 Å². The van der Waals surface area contributed by atoms with Crippen LogP contribution in [0.2, 0.25) is 0 Å². The lowest BCUT2D eigenvalue weighted by Crippen LogP contribution is -2.22. The van der Waals surface area contributed by atoms with E-state index >= 15 is 0 Å². The lowest BCUT2D eigenvalue weighted by atomic mass is 10.0. The summed E-state index contributed by atoms with van der Waals surface area (Å²) in [5, 5.41) is 6.92. The molecule has 7 heteroatoms. The minimum absolute atomic E-state index is 0.118. The lowest BCUT2D eigenvalue weighted by Gasteiger charge is -2.09. The predicted molar refractivity (Wildman–Crippen MR) is 121 cm³/mol. The normalized spacial score (nSPS) is 10.8. The van der Waals surface area contributed by atoms with E-state index in [0.717, 1.165) is 33.6 Å². The van der Waals surface area contributed by atoms with Crippen LogP contribution in [0, 0.1) is 13.8 Å². The van der Waals surface area contributed by atoms with Gasteiger partial charge >= 0.3 is 0 Å². The minimum Gasteiger partial charge on any atom is -0.380 e. The van der Waals surface area contributed by atoms with Gasteiger partial charge in [-0.25, -0.2) is 9.97 Å². The van der Waals surface area contributed by atoms with Crippen LogP contribution in [0.4, 0.5) is 0 Å². The summed E-state index contributed by atoms with van der Waals surface area (Å²) in [7, 11) is 1.65. The van der Waals surface area contributed by atoms with Crippen molar-refractivity contribution in [2.24, 2.45) is 0 Å². The van der Waals surface area contributed by atoms with Gasteiger partial charge in [0.25, 0.3) is 5.91 Å². The van der Waals surface area contributed by atoms with Crippen LogP contribution in [-0.2, 0) is 17.9 Å². The highest BCUT2D eigenvalue weighted by atomic mass is 16.5. The van der Waals surface area contributed by atoms with Crippen molar-refractivity contribution in [1.29, 1.82) is 0 Å². The van der Waals surface area contributed by atoms with E-state index in [0.29, 0.717) is 30.3 Å². The van der Waals surface area contributed by atoms with Crippen LogP contribution in [0.5, 0.6) is 0 Å². The zero-order valence-corrected chi connectivity index (χ0v) is 18.3. The summed E-state index contributed by atoms with van der Waals surface area (Å²) in [4.78, 5) is 21.4. The molecular formula is C25H24N4O3. The summed E-state index contributed by atoms with van der Waals surface area (Å²) >= 11 is 0. The van der Waals surface area contributed by atoms with Crippen LogP contribution in [-0.4, -0.2) is 28.1 Å². The van der Waals surface area contributed by atoms with Crippen LogP contribution >= 0.6 is 0 Å². The third-order valence-corrected chi connectivity index (χ3v) is 5.01. The van der Waals surface area contributed by atoms with Gasteiger partial charge in [-0.1, -0.05) is 41.6 Å². The number of carbonyl (C=O) groups is 1. The van der Waals surface area contributed by atoms with Crippen molar-refractivity contribution in [3.8, 4) is 22.6 Å². The minimum atomic E-state index is -0.118. The van der Waals surface area contributed by atoms with Crippen LogP contribution in [0.1, 0.15) is 33.0 Å². The number of nitrogens with one attached hydrogen (secondary N) is 1. The van der Waals surface area contributed by atoms with E-state index in [1.807, 2.05) is 56.3 Å². The molecule has 0 radical (unpaired) electrons. The number of carbonyl (C=O) groups excluding carboxylic acids is 1. The maximum Gasteiger partial charge on any atom is 0.251 e. The zero-order valence-electron chi connectivity index (χ0n) is 18.3. The fourth-order valence-electron chi connectivity index (χ4n) is 3.34. The summed E-state index contributed by atoms with van der Waals surface area (Å²) in [6.45, 7) is 4.68. The molecular weight excluding hydrogens is 404 g/mol. The number of hydrogen-bond donors (Lipinski definition) is 1. The molecule has 0 saturated carbocycles. The van der Waals surface area contributed by atoms with E-state index in [2.05, 4.69) is 20.4 Å². The molecule has 1 N–H and O–H groups in total. The summed E-state index contributed by atoms with van der Waals surface area (Å²) in [6, 6.07) is 17.2. The van der Waals surface area contributed by atoms with Crippen molar-refractivity contribution in [3.63, 3.8) is 0 Å². The average molecular weight is 428 g/mol. The number of hydrogen-bond acceptors (Lipinski definition) is 6. The molecule has 0 aliphatic heterocycles. The van der Waals surface area contributed by atoms with Crippen LogP contribution in [0.3, 0.4) is 0 Å². The smallest absolute Gasteiger partial charge is 0.251 e. The Morgan fingerprint density at radius 2 is 1.75 bits per heavy atom. The lowest BCUT2D eigenvalue weighted by molar-refractivity contribution is 0.0951. The largest absolute Gasteiger partial charge is 0.380 e. The zero-order chi connectivity index (χ0) is 22.5. The molecule has 1 amide bonds. The van der Waals surface area contributed by atoms with Crippen molar-refractivity contribution in [2.75, 3.05) is 7.11 Å². The molecule has 0 saturated heterocycles. The van der Waals surface area contributed by atoms with Crippen LogP contribution in [0.15, 0.2) is 65.3 Å². The Morgan fingerprint density at radius 3 is 2.41 bits per heavy atom. The predicted octanol–water partition coefficient (Wildman–Crippen LogP) is 4.49. The first-order valence-electron chi connectivity index (χ1n) is 10.3. The summed E-state index contributed by atoms with van der Waals surface area (Å²) < 4.78 is 10.5. The van der Waals surface area contributed by atoms with Gasteiger partial charge < -0.3 is 14.6 Å². The molecule has 162 valence electrons. The molecule has 0 aliphatic rings. The molecule has 4 aromatic rings. The maximum absolute atomic E-state index is 12.4. The van der Waals surface area contributed by atoms with E-state index < -0.39 is 0 Å². The first kappa shape index (κ1) is 21.4. The Kier molecular flexibility index (Phi) is 6.37. The highest BCUT2D eigenvalue weighted by Crippen LogP contribution is 2.30. The van der Waals surface area contributed by atoms with Gasteiger partial charge in [0.05, 0.1) is 23.6 Å². The molecule has 7 nitrogen and oxygen atoms in total. The van der Waals surface area contributed by atoms with Gasteiger partial charge in [-0.2, -0.15) is 0 Å². The second-order valence-corrected chi connectivity index (χ2v) is 7.52. The second-order valence-electron chi connectivity index (χ2n) is 7.52. The Labute approximate surface area is 186 Å². The summed E-state index contributed by atoms with van der Waals surface area (Å²) in [6.07, 6.45) is 1.75. The Hall–Kier alpha value is -3.84. The molecule has 0 bridgehead atoms. The standard InChI is InChI=1S/C25H24N4O3/c1-16-12-23(32-29-16)22-14-26-17(2)28-24(22)20-8-4-18(5-9-20)13-27-25(30)21-10-6-19(7-11-21)15-31-3/h4-12,14H,13,15H2,1-3H3,(H,27,30). The summed E-state index contributed by atoms with van der Waals surface area (Å²) in [5.41, 5.74) is 5.93. The molecule has 2 aromatic carbocycles. The van der Waals surface area contributed by atoms with Gasteiger partial charge in [0.2, 0.25) is 0 Å². The van der Waals surface area contributed by atoms with E-state index in [4.69, 9.17) is 9.26 Å². The number of nitrogens with zero attached hydrogens (tertiary/aromatic N) is 3. The van der Waals surface area contributed by atoms with Crippen LogP contribution < -0.4 is 5.32 Å². The van der Waals surface area contributed by atoms with Gasteiger partial charge in [-0.05, 0) is 37.1 Å². The number of ether oxygens (including phenoxy) is 1. The van der Waals surface area contributed by atoms with Crippen molar-refractivity contribution in [1.82, 2.24) is 20.4 Å². The third kappa shape index (κ3) is 4.90. The number of rotatable bonds is 7. The van der Waals surface area contributed by atoms with Gasteiger partial charge in [0.1, 0.15) is 5.82 Å². The first-order valence-corrected chi connectivity index (χ1v) is 10.3. The average Bonchev–Trinajstić information content (AvgIpc) is 3.24. The number of aromatic nitrogens is 3. The molecule has 0 spiro atoms. The number of amides is 1.